The van der Waals surface area contributed by atoms with E-state index in [-0.39, 0.29) is 0 Å². The quantitative estimate of drug-likeness (QED) is 0.804. The molecule has 1 aromatic carbocycles. The molecule has 18 heavy (non-hydrogen) atoms. The number of aliphatic carboxylic acids is 1. The van der Waals surface area contributed by atoms with Crippen LogP contribution in [-0.4, -0.2) is 17.1 Å². The van der Waals surface area contributed by atoms with Gasteiger partial charge in [-0.05, 0) is 18.4 Å². The Bertz CT molecular complexity index is 369. The third kappa shape index (κ3) is 3.57. The minimum absolute atomic E-state index is 0.341. The van der Waals surface area contributed by atoms with Crippen LogP contribution in [0.3, 0.4) is 0 Å². The molecule has 0 saturated heterocycles. The highest BCUT2D eigenvalue weighted by Crippen LogP contribution is 2.21. The number of nitrogens with one attached hydrogen (secondary N) is 1. The molecule has 0 bridgehead atoms. The summed E-state index contributed by atoms with van der Waals surface area (Å²) in [6.45, 7) is 0. The summed E-state index contributed by atoms with van der Waals surface area (Å²) >= 11 is 0. The maximum absolute atomic E-state index is 11.4. The summed E-state index contributed by atoms with van der Waals surface area (Å²) in [6.07, 6.45) is 7.16. The van der Waals surface area contributed by atoms with Gasteiger partial charge in [-0.2, -0.15) is 0 Å². The molecular weight excluding hydrogens is 226 g/mol. The lowest BCUT2D eigenvalue weighted by Crippen LogP contribution is -2.36. The molecule has 3 heteroatoms. The maximum Gasteiger partial charge on any atom is 0.325 e. The molecule has 1 atom stereocenters. The summed E-state index contributed by atoms with van der Waals surface area (Å²) in [5, 5.41) is 12.7. The minimum atomic E-state index is -0.787. The minimum Gasteiger partial charge on any atom is -0.480 e. The number of hydrogen-bond donors (Lipinski definition) is 2. The van der Waals surface area contributed by atoms with E-state index in [0.29, 0.717) is 6.04 Å². The number of carbonyl (C=O) groups is 1. The first-order valence-electron chi connectivity index (χ1n) is 6.81. The van der Waals surface area contributed by atoms with Gasteiger partial charge < -0.3 is 5.11 Å². The number of rotatable bonds is 4. The van der Waals surface area contributed by atoms with Gasteiger partial charge >= 0.3 is 5.97 Å². The fourth-order valence-corrected chi connectivity index (χ4v) is 2.64. The average molecular weight is 247 g/mol. The van der Waals surface area contributed by atoms with Crippen molar-refractivity contribution in [1.29, 1.82) is 0 Å². The predicted molar refractivity (Wildman–Crippen MR) is 71.4 cm³/mol. The Kier molecular flexibility index (Phi) is 4.76. The molecule has 2 N–H and O–H groups in total. The van der Waals surface area contributed by atoms with Crippen molar-refractivity contribution >= 4 is 5.97 Å². The van der Waals surface area contributed by atoms with Crippen LogP contribution in [0.2, 0.25) is 0 Å². The summed E-state index contributed by atoms with van der Waals surface area (Å²) < 4.78 is 0. The van der Waals surface area contributed by atoms with Gasteiger partial charge in [-0.25, -0.2) is 0 Å². The van der Waals surface area contributed by atoms with Gasteiger partial charge in [-0.3, -0.25) is 10.1 Å². The number of benzene rings is 1. The Hall–Kier alpha value is -1.35. The van der Waals surface area contributed by atoms with Crippen LogP contribution in [0.5, 0.6) is 0 Å². The molecule has 1 unspecified atom stereocenters. The molecule has 0 spiro atoms. The van der Waals surface area contributed by atoms with Gasteiger partial charge in [0, 0.05) is 6.04 Å². The molecule has 98 valence electrons. The van der Waals surface area contributed by atoms with Gasteiger partial charge in [0.15, 0.2) is 0 Å². The molecule has 0 aliphatic heterocycles. The van der Waals surface area contributed by atoms with Gasteiger partial charge in [-0.1, -0.05) is 56.0 Å². The van der Waals surface area contributed by atoms with Crippen molar-refractivity contribution in [2.24, 2.45) is 0 Å². The fourth-order valence-electron chi connectivity index (χ4n) is 2.64. The number of carboxylic acids is 1. The average Bonchev–Trinajstić information content (AvgIpc) is 2.65. The molecule has 0 heterocycles. The lowest BCUT2D eigenvalue weighted by Gasteiger charge is -2.22. The van der Waals surface area contributed by atoms with E-state index in [4.69, 9.17) is 0 Å². The first kappa shape index (κ1) is 13.1. The molecule has 3 nitrogen and oxygen atoms in total. The monoisotopic (exact) mass is 247 g/mol. The molecule has 2 rings (SSSR count). The second-order valence-electron chi connectivity index (χ2n) is 5.04. The van der Waals surface area contributed by atoms with E-state index in [1.807, 2.05) is 30.3 Å². The van der Waals surface area contributed by atoms with Gasteiger partial charge in [-0.15, -0.1) is 0 Å². The molecular formula is C15H21NO2. The van der Waals surface area contributed by atoms with Crippen LogP contribution in [0.25, 0.3) is 0 Å². The van der Waals surface area contributed by atoms with E-state index < -0.39 is 12.0 Å². The third-order valence-electron chi connectivity index (χ3n) is 3.64. The number of hydrogen-bond acceptors (Lipinski definition) is 2. The van der Waals surface area contributed by atoms with Crippen molar-refractivity contribution in [3.8, 4) is 0 Å². The number of carboxylic acid groups (broad SMARTS) is 1. The van der Waals surface area contributed by atoms with Crippen LogP contribution < -0.4 is 5.32 Å². The van der Waals surface area contributed by atoms with Crippen molar-refractivity contribution in [2.45, 2.75) is 50.6 Å². The van der Waals surface area contributed by atoms with E-state index in [9.17, 15) is 9.90 Å². The van der Waals surface area contributed by atoms with Crippen LogP contribution in [0.1, 0.15) is 50.1 Å². The van der Waals surface area contributed by atoms with Crippen molar-refractivity contribution in [3.63, 3.8) is 0 Å². The van der Waals surface area contributed by atoms with Crippen LogP contribution >= 0.6 is 0 Å². The van der Waals surface area contributed by atoms with E-state index in [2.05, 4.69) is 5.32 Å². The molecule has 1 aliphatic carbocycles. The largest absolute Gasteiger partial charge is 0.480 e. The van der Waals surface area contributed by atoms with Gasteiger partial charge in [0.25, 0.3) is 0 Å². The fraction of sp³-hybridized carbons (Fsp3) is 0.533. The second-order valence-corrected chi connectivity index (χ2v) is 5.04. The van der Waals surface area contributed by atoms with Crippen LogP contribution in [0, 0.1) is 0 Å². The Morgan fingerprint density at radius 2 is 1.72 bits per heavy atom. The molecule has 1 aromatic rings. The Labute approximate surface area is 108 Å². The third-order valence-corrected chi connectivity index (χ3v) is 3.64. The lowest BCUT2D eigenvalue weighted by atomic mass is 10.0. The SMILES string of the molecule is O=C(O)C(NC1CCCCCC1)c1ccccc1. The van der Waals surface area contributed by atoms with Gasteiger partial charge in [0.1, 0.15) is 6.04 Å². The molecule has 1 saturated carbocycles. The standard InChI is InChI=1S/C15H21NO2/c17-15(18)14(12-8-4-3-5-9-12)16-13-10-6-1-2-7-11-13/h3-5,8-9,13-14,16H,1-2,6-7,10-11H2,(H,17,18). The molecule has 1 fully saturated rings. The summed E-state index contributed by atoms with van der Waals surface area (Å²) in [5.74, 6) is -0.787. The molecule has 0 aromatic heterocycles. The van der Waals surface area contributed by atoms with Gasteiger partial charge in [0.2, 0.25) is 0 Å². The Balaban J connectivity index is 2.04. The van der Waals surface area contributed by atoms with Crippen molar-refractivity contribution in [2.75, 3.05) is 0 Å². The summed E-state index contributed by atoms with van der Waals surface area (Å²) in [5.41, 5.74) is 0.842. The zero-order valence-corrected chi connectivity index (χ0v) is 10.6. The molecule has 1 aliphatic rings. The first-order chi connectivity index (χ1) is 8.77. The highest BCUT2D eigenvalue weighted by atomic mass is 16.4. The van der Waals surface area contributed by atoms with Crippen molar-refractivity contribution in [3.05, 3.63) is 35.9 Å². The molecule has 0 amide bonds. The smallest absolute Gasteiger partial charge is 0.325 e. The van der Waals surface area contributed by atoms with E-state index >= 15 is 0 Å². The maximum atomic E-state index is 11.4. The van der Waals surface area contributed by atoms with E-state index in [1.165, 1.54) is 25.7 Å². The zero-order valence-electron chi connectivity index (χ0n) is 10.6. The van der Waals surface area contributed by atoms with Gasteiger partial charge in [0.05, 0.1) is 0 Å². The van der Waals surface area contributed by atoms with E-state index in [1.54, 1.807) is 0 Å². The lowest BCUT2D eigenvalue weighted by molar-refractivity contribution is -0.140. The highest BCUT2D eigenvalue weighted by molar-refractivity contribution is 5.75. The zero-order chi connectivity index (χ0) is 12.8. The Morgan fingerprint density at radius 3 is 2.28 bits per heavy atom. The van der Waals surface area contributed by atoms with Crippen molar-refractivity contribution < 1.29 is 9.90 Å². The second kappa shape index (κ2) is 6.55. The summed E-state index contributed by atoms with van der Waals surface area (Å²) in [6, 6.07) is 9.21. The van der Waals surface area contributed by atoms with E-state index in [0.717, 1.165) is 18.4 Å². The highest BCUT2D eigenvalue weighted by Gasteiger charge is 2.23. The topological polar surface area (TPSA) is 49.3 Å². The first-order valence-corrected chi connectivity index (χ1v) is 6.81. The van der Waals surface area contributed by atoms with Crippen LogP contribution in [0.4, 0.5) is 0 Å². The van der Waals surface area contributed by atoms with Crippen molar-refractivity contribution in [1.82, 2.24) is 5.32 Å². The summed E-state index contributed by atoms with van der Waals surface area (Å²) in [4.78, 5) is 11.4. The Morgan fingerprint density at radius 1 is 1.11 bits per heavy atom. The normalized spacial score (nSPS) is 19.1. The van der Waals surface area contributed by atoms with Crippen LogP contribution in [0.15, 0.2) is 30.3 Å². The molecule has 0 radical (unpaired) electrons. The van der Waals surface area contributed by atoms with Crippen LogP contribution in [-0.2, 0) is 4.79 Å². The summed E-state index contributed by atoms with van der Waals surface area (Å²) in [7, 11) is 0. The predicted octanol–water partition coefficient (Wildman–Crippen LogP) is 3.12.